The second-order valence-corrected chi connectivity index (χ2v) is 10.1. The lowest BCUT2D eigenvalue weighted by Crippen LogP contribution is -2.48. The Kier molecular flexibility index (Phi) is 11.3. The van der Waals surface area contributed by atoms with Crippen molar-refractivity contribution < 1.29 is 32.8 Å². The lowest BCUT2D eigenvalue weighted by atomic mass is 9.98. The fraction of sp³-hybridized carbons (Fsp3) is 0.560. The van der Waals surface area contributed by atoms with Crippen molar-refractivity contribution >= 4 is 41.0 Å². The van der Waals surface area contributed by atoms with Crippen LogP contribution < -0.4 is 10.6 Å². The van der Waals surface area contributed by atoms with Gasteiger partial charge in [0.25, 0.3) is 11.8 Å². The van der Waals surface area contributed by atoms with Crippen molar-refractivity contribution in [1.29, 1.82) is 5.26 Å². The molecule has 206 valence electrons. The number of nitrogens with zero attached hydrogens (tertiary/aromatic N) is 3. The third-order valence-electron chi connectivity index (χ3n) is 6.01. The van der Waals surface area contributed by atoms with Gasteiger partial charge < -0.3 is 15.5 Å². The van der Waals surface area contributed by atoms with Crippen LogP contribution in [0.4, 0.5) is 8.78 Å². The maximum Gasteiger partial charge on any atom is 0.268 e. The smallest absolute Gasteiger partial charge is 0.268 e. The highest BCUT2D eigenvalue weighted by atomic mass is 32.2. The van der Waals surface area contributed by atoms with Crippen LogP contribution in [0.5, 0.6) is 0 Å². The number of carbonyl (C=O) groups is 5. The van der Waals surface area contributed by atoms with Crippen LogP contribution in [0.15, 0.2) is 18.3 Å². The average molecular weight is 552 g/mol. The quantitative estimate of drug-likeness (QED) is 0.377. The molecule has 1 aliphatic rings. The predicted molar refractivity (Wildman–Crippen MR) is 135 cm³/mol. The molecule has 3 amide bonds. The van der Waals surface area contributed by atoms with E-state index in [1.807, 2.05) is 6.26 Å². The minimum Gasteiger partial charge on any atom is -0.350 e. The molecule has 1 aromatic rings. The Bertz CT molecular complexity index is 1110. The first-order chi connectivity index (χ1) is 17.9. The Hall–Kier alpha value is -3.40. The topological polar surface area (TPSA) is 149 Å². The first kappa shape index (κ1) is 30.8. The summed E-state index contributed by atoms with van der Waals surface area (Å²) < 4.78 is 27.3. The number of likely N-dealkylation sites (tertiary alicyclic amines) is 1. The number of alkyl halides is 2. The number of amides is 3. The Morgan fingerprint density at radius 2 is 2.00 bits per heavy atom. The fourth-order valence-corrected chi connectivity index (χ4v) is 4.65. The van der Waals surface area contributed by atoms with Gasteiger partial charge in [-0.15, -0.1) is 0 Å². The largest absolute Gasteiger partial charge is 0.350 e. The summed E-state index contributed by atoms with van der Waals surface area (Å²) in [6, 6.07) is 2.06. The molecule has 1 aliphatic heterocycles. The predicted octanol–water partition coefficient (Wildman–Crippen LogP) is 1.88. The van der Waals surface area contributed by atoms with Crippen LogP contribution in [0.2, 0.25) is 0 Å². The number of ketones is 2. The van der Waals surface area contributed by atoms with E-state index in [4.69, 9.17) is 5.26 Å². The summed E-state index contributed by atoms with van der Waals surface area (Å²) in [5.74, 6) is -5.05. The van der Waals surface area contributed by atoms with Crippen LogP contribution in [0.25, 0.3) is 0 Å². The second-order valence-electron chi connectivity index (χ2n) is 9.18. The normalized spacial score (nSPS) is 17.7. The molecule has 2 N–H and O–H groups in total. The van der Waals surface area contributed by atoms with E-state index in [1.165, 1.54) is 43.9 Å². The molecular formula is C25H31F2N5O5S. The minimum absolute atomic E-state index is 0.00138. The summed E-state index contributed by atoms with van der Waals surface area (Å²) in [7, 11) is 0. The molecule has 1 saturated heterocycles. The highest BCUT2D eigenvalue weighted by Crippen LogP contribution is 2.32. The van der Waals surface area contributed by atoms with Gasteiger partial charge in [0.1, 0.15) is 23.7 Å². The summed E-state index contributed by atoms with van der Waals surface area (Å²) in [5.41, 5.74) is 0.475. The second kappa shape index (κ2) is 13.9. The maximum atomic E-state index is 13.7. The Balaban J connectivity index is 1.86. The molecule has 1 aromatic heterocycles. The number of nitriles is 1. The number of rotatable bonds is 13. The van der Waals surface area contributed by atoms with Gasteiger partial charge in [-0.25, -0.2) is 8.78 Å². The van der Waals surface area contributed by atoms with Crippen LogP contribution in [0.3, 0.4) is 0 Å². The molecule has 0 aromatic carbocycles. The molecule has 0 aliphatic carbocycles. The highest BCUT2D eigenvalue weighted by Gasteiger charge is 2.48. The number of halogens is 2. The molecule has 0 spiro atoms. The average Bonchev–Trinajstić information content (AvgIpc) is 3.19. The number of hydrogen-bond donors (Lipinski definition) is 2. The fourth-order valence-electron chi connectivity index (χ4n) is 3.90. The Morgan fingerprint density at radius 3 is 2.63 bits per heavy atom. The van der Waals surface area contributed by atoms with Crippen molar-refractivity contribution in [2.75, 3.05) is 18.6 Å². The van der Waals surface area contributed by atoms with Crippen LogP contribution >= 0.6 is 11.8 Å². The number of thioether (sulfide) groups is 1. The maximum absolute atomic E-state index is 13.7. The number of aromatic nitrogens is 1. The third kappa shape index (κ3) is 9.16. The van der Waals surface area contributed by atoms with Crippen molar-refractivity contribution in [2.24, 2.45) is 5.92 Å². The number of Topliss-reactive ketones (excluding diaryl/α,β-unsaturated/α-hetero) is 2. The molecule has 38 heavy (non-hydrogen) atoms. The SMILES string of the molecule is CSCC(CC(=O)CCC(=O)NCc1cc(C(=O)N[C@H](C)C(=O)N2CC(F)(F)C[C@H]2C#N)ccn1)C(C)=O. The van der Waals surface area contributed by atoms with E-state index in [0.717, 1.165) is 4.90 Å². The summed E-state index contributed by atoms with van der Waals surface area (Å²) in [6.07, 6.45) is 2.49. The molecule has 2 rings (SSSR count). The monoisotopic (exact) mass is 551 g/mol. The third-order valence-corrected chi connectivity index (χ3v) is 6.75. The minimum atomic E-state index is -3.16. The van der Waals surface area contributed by atoms with Crippen molar-refractivity contribution in [3.63, 3.8) is 0 Å². The van der Waals surface area contributed by atoms with Gasteiger partial charge in [-0.2, -0.15) is 17.0 Å². The molecule has 13 heteroatoms. The Morgan fingerprint density at radius 1 is 1.29 bits per heavy atom. The number of nitrogens with one attached hydrogen (secondary N) is 2. The van der Waals surface area contributed by atoms with E-state index in [2.05, 4.69) is 15.6 Å². The number of carbonyl (C=O) groups excluding carboxylic acids is 5. The first-order valence-electron chi connectivity index (χ1n) is 12.0. The van der Waals surface area contributed by atoms with E-state index in [-0.39, 0.29) is 48.9 Å². The van der Waals surface area contributed by atoms with Crippen LogP contribution in [0.1, 0.15) is 55.6 Å². The summed E-state index contributed by atoms with van der Waals surface area (Å²) >= 11 is 1.48. The molecular weight excluding hydrogens is 520 g/mol. The van der Waals surface area contributed by atoms with Gasteiger partial charge in [0, 0.05) is 49.1 Å². The first-order valence-corrected chi connectivity index (χ1v) is 13.4. The molecule has 0 saturated carbocycles. The molecule has 1 fully saturated rings. The summed E-state index contributed by atoms with van der Waals surface area (Å²) in [4.78, 5) is 66.0. The van der Waals surface area contributed by atoms with Crippen LogP contribution in [-0.2, 0) is 25.7 Å². The highest BCUT2D eigenvalue weighted by molar-refractivity contribution is 7.98. The standard InChI is InChI=1S/C25H31F2N5O5S/c1-15(24(37)32-14-25(26,27)10-20(32)11-28)31-23(36)17-6-7-29-19(8-17)12-30-22(35)5-4-21(34)9-18(13-38-3)16(2)33/h6-8,15,18,20H,4-5,9-10,12-14H2,1-3H3,(H,30,35)(H,31,36)/t15-,18?,20+/m1/s1. The molecule has 0 bridgehead atoms. The van der Waals surface area contributed by atoms with E-state index in [9.17, 15) is 32.8 Å². The van der Waals surface area contributed by atoms with Crippen molar-refractivity contribution in [3.8, 4) is 6.07 Å². The van der Waals surface area contributed by atoms with E-state index < -0.39 is 48.7 Å². The van der Waals surface area contributed by atoms with Gasteiger partial charge in [-0.3, -0.25) is 29.0 Å². The summed E-state index contributed by atoms with van der Waals surface area (Å²) in [5, 5.41) is 14.1. The number of pyridine rings is 1. The van der Waals surface area contributed by atoms with Gasteiger partial charge in [0.2, 0.25) is 11.8 Å². The van der Waals surface area contributed by atoms with E-state index in [0.29, 0.717) is 11.4 Å². The zero-order chi connectivity index (χ0) is 28.5. The molecule has 0 radical (unpaired) electrons. The Labute approximate surface area is 223 Å². The molecule has 3 atom stereocenters. The molecule has 2 heterocycles. The molecule has 1 unspecified atom stereocenters. The number of hydrogen-bond acceptors (Lipinski definition) is 8. The van der Waals surface area contributed by atoms with Gasteiger partial charge in [0.15, 0.2) is 0 Å². The van der Waals surface area contributed by atoms with Crippen LogP contribution in [-0.4, -0.2) is 75.7 Å². The van der Waals surface area contributed by atoms with Crippen molar-refractivity contribution in [3.05, 3.63) is 29.6 Å². The van der Waals surface area contributed by atoms with E-state index in [1.54, 1.807) is 6.07 Å². The van der Waals surface area contributed by atoms with E-state index >= 15 is 0 Å². The van der Waals surface area contributed by atoms with Gasteiger partial charge in [-0.05, 0) is 32.2 Å². The summed E-state index contributed by atoms with van der Waals surface area (Å²) in [6.45, 7) is 1.88. The van der Waals surface area contributed by atoms with Crippen LogP contribution in [0, 0.1) is 17.2 Å². The zero-order valence-electron chi connectivity index (χ0n) is 21.5. The lowest BCUT2D eigenvalue weighted by molar-refractivity contribution is -0.134. The van der Waals surface area contributed by atoms with Crippen molar-refractivity contribution in [1.82, 2.24) is 20.5 Å². The lowest BCUT2D eigenvalue weighted by Gasteiger charge is -2.23. The zero-order valence-corrected chi connectivity index (χ0v) is 22.3. The van der Waals surface area contributed by atoms with Crippen molar-refractivity contribution in [2.45, 2.75) is 64.1 Å². The molecule has 10 nitrogen and oxygen atoms in total. The van der Waals surface area contributed by atoms with Gasteiger partial charge >= 0.3 is 0 Å². The van der Waals surface area contributed by atoms with Gasteiger partial charge in [0.05, 0.1) is 24.9 Å². The van der Waals surface area contributed by atoms with Gasteiger partial charge in [-0.1, -0.05) is 0 Å².